The normalized spacial score (nSPS) is 11.0. The maximum Gasteiger partial charge on any atom is 0.272 e. The van der Waals surface area contributed by atoms with E-state index in [2.05, 4.69) is 10.6 Å². The number of rotatable bonds is 6. The van der Waals surface area contributed by atoms with E-state index in [4.69, 9.17) is 4.42 Å². The Kier molecular flexibility index (Phi) is 5.89. The van der Waals surface area contributed by atoms with Gasteiger partial charge in [-0.25, -0.2) is 0 Å². The van der Waals surface area contributed by atoms with Gasteiger partial charge in [-0.15, -0.1) is 0 Å². The zero-order valence-corrected chi connectivity index (χ0v) is 15.5. The van der Waals surface area contributed by atoms with E-state index in [-0.39, 0.29) is 11.3 Å². The number of anilines is 1. The molecule has 0 aliphatic heterocycles. The van der Waals surface area contributed by atoms with Crippen LogP contribution < -0.4 is 15.7 Å². The molecule has 7 heteroatoms. The lowest BCUT2D eigenvalue weighted by molar-refractivity contribution is -0.255. The van der Waals surface area contributed by atoms with Crippen LogP contribution in [0.2, 0.25) is 0 Å². The van der Waals surface area contributed by atoms with Crippen LogP contribution in [-0.2, 0) is 4.79 Å². The van der Waals surface area contributed by atoms with Crippen molar-refractivity contribution in [3.8, 4) is 0 Å². The minimum absolute atomic E-state index is 0.0120. The molecule has 0 bridgehead atoms. The molecule has 3 rings (SSSR count). The number of nitrogens with one attached hydrogen (secondary N) is 2. The molecule has 2 N–H and O–H groups in total. The lowest BCUT2D eigenvalue weighted by Crippen LogP contribution is -2.30. The molecule has 1 heterocycles. The maximum absolute atomic E-state index is 12.7. The van der Waals surface area contributed by atoms with Crippen molar-refractivity contribution < 1.29 is 23.9 Å². The van der Waals surface area contributed by atoms with Crippen LogP contribution in [0.15, 0.2) is 77.0 Å². The molecule has 0 radical (unpaired) electrons. The maximum atomic E-state index is 12.7. The van der Waals surface area contributed by atoms with E-state index in [1.807, 2.05) is 6.92 Å². The van der Waals surface area contributed by atoms with Crippen molar-refractivity contribution in [1.82, 2.24) is 5.32 Å². The van der Waals surface area contributed by atoms with Crippen molar-refractivity contribution in [1.29, 1.82) is 0 Å². The molecule has 0 aliphatic rings. The molecule has 2 amide bonds. The summed E-state index contributed by atoms with van der Waals surface area (Å²) < 4.78 is 5.23. The Morgan fingerprint density at radius 1 is 0.931 bits per heavy atom. The van der Waals surface area contributed by atoms with Crippen LogP contribution in [0, 0.1) is 6.92 Å². The van der Waals surface area contributed by atoms with Gasteiger partial charge in [0.2, 0.25) is 0 Å². The number of amides is 2. The van der Waals surface area contributed by atoms with E-state index >= 15 is 0 Å². The van der Waals surface area contributed by atoms with Gasteiger partial charge in [0.25, 0.3) is 11.8 Å². The van der Waals surface area contributed by atoms with Crippen molar-refractivity contribution in [2.45, 2.75) is 6.92 Å². The predicted molar refractivity (Wildman–Crippen MR) is 105 cm³/mol. The molecular weight excluding hydrogens is 372 g/mol. The summed E-state index contributed by atoms with van der Waals surface area (Å²) in [6.07, 6.45) is 2.85. The molecule has 7 nitrogen and oxygen atoms in total. The Labute approximate surface area is 166 Å². The van der Waals surface area contributed by atoms with E-state index in [1.54, 1.807) is 36.4 Å². The Morgan fingerprint density at radius 3 is 2.17 bits per heavy atom. The van der Waals surface area contributed by atoms with E-state index in [1.165, 1.54) is 36.6 Å². The summed E-state index contributed by atoms with van der Waals surface area (Å²) in [7, 11) is 0. The lowest BCUT2D eigenvalue weighted by atomic mass is 10.1. The largest absolute Gasteiger partial charge is 0.545 e. The molecule has 0 saturated carbocycles. The molecule has 146 valence electrons. The first-order valence-corrected chi connectivity index (χ1v) is 8.68. The number of aryl methyl sites for hydroxylation is 1. The molecule has 0 fully saturated rings. The zero-order chi connectivity index (χ0) is 20.8. The summed E-state index contributed by atoms with van der Waals surface area (Å²) in [5, 5.41) is 16.0. The van der Waals surface area contributed by atoms with Crippen LogP contribution in [0.3, 0.4) is 0 Å². The summed E-state index contributed by atoms with van der Waals surface area (Å²) in [5.41, 5.74) is 1.71. The van der Waals surface area contributed by atoms with Gasteiger partial charge in [-0.05, 0) is 48.9 Å². The monoisotopic (exact) mass is 389 g/mol. The number of carbonyl (C=O) groups is 3. The smallest absolute Gasteiger partial charge is 0.272 e. The van der Waals surface area contributed by atoms with Crippen molar-refractivity contribution in [3.63, 3.8) is 0 Å². The highest BCUT2D eigenvalue weighted by Gasteiger charge is 2.15. The molecule has 0 saturated heterocycles. The molecule has 3 aromatic rings. The second kappa shape index (κ2) is 8.71. The summed E-state index contributed by atoms with van der Waals surface area (Å²) in [6.45, 7) is 1.91. The highest BCUT2D eigenvalue weighted by Crippen LogP contribution is 2.13. The minimum Gasteiger partial charge on any atom is -0.545 e. The third kappa shape index (κ3) is 5.20. The van der Waals surface area contributed by atoms with Crippen LogP contribution in [0.5, 0.6) is 0 Å². The van der Waals surface area contributed by atoms with Crippen molar-refractivity contribution in [3.05, 3.63) is 95.1 Å². The minimum atomic E-state index is -1.31. The van der Waals surface area contributed by atoms with E-state index in [0.29, 0.717) is 17.0 Å². The molecule has 0 aliphatic carbocycles. The quantitative estimate of drug-likeness (QED) is 0.629. The van der Waals surface area contributed by atoms with E-state index in [0.717, 1.165) is 5.56 Å². The fraction of sp³-hybridized carbons (Fsp3) is 0.0455. The van der Waals surface area contributed by atoms with Crippen molar-refractivity contribution in [2.24, 2.45) is 0 Å². The van der Waals surface area contributed by atoms with Gasteiger partial charge in [-0.1, -0.05) is 29.8 Å². The van der Waals surface area contributed by atoms with Crippen LogP contribution >= 0.6 is 0 Å². The average Bonchev–Trinajstić information content (AvgIpc) is 3.21. The predicted octanol–water partition coefficient (Wildman–Crippen LogP) is 2.36. The first-order valence-electron chi connectivity index (χ1n) is 8.68. The SMILES string of the molecule is Cc1ccc(C(=O)N/C(=C/c2ccco2)C(=O)Nc2ccc(C(=O)[O-])cc2)cc1. The van der Waals surface area contributed by atoms with E-state index in [9.17, 15) is 19.5 Å². The highest BCUT2D eigenvalue weighted by atomic mass is 16.4. The third-order valence-corrected chi connectivity index (χ3v) is 4.01. The van der Waals surface area contributed by atoms with Gasteiger partial charge >= 0.3 is 0 Å². The van der Waals surface area contributed by atoms with Gasteiger partial charge in [0.15, 0.2) is 0 Å². The molecular formula is C22H17N2O5-. The molecule has 0 spiro atoms. The van der Waals surface area contributed by atoms with Gasteiger partial charge in [0.05, 0.1) is 12.2 Å². The van der Waals surface area contributed by atoms with Crippen LogP contribution in [0.4, 0.5) is 5.69 Å². The Morgan fingerprint density at radius 2 is 1.59 bits per heavy atom. The second-order valence-corrected chi connectivity index (χ2v) is 6.21. The molecule has 1 aromatic heterocycles. The number of carbonyl (C=O) groups excluding carboxylic acids is 3. The number of aromatic carboxylic acids is 1. The average molecular weight is 389 g/mol. The number of hydrogen-bond acceptors (Lipinski definition) is 5. The Hall–Kier alpha value is -4.13. The number of furan rings is 1. The van der Waals surface area contributed by atoms with Crippen LogP contribution in [0.25, 0.3) is 6.08 Å². The van der Waals surface area contributed by atoms with Crippen LogP contribution in [0.1, 0.15) is 32.0 Å². The fourth-order valence-electron chi connectivity index (χ4n) is 2.46. The molecule has 2 aromatic carbocycles. The second-order valence-electron chi connectivity index (χ2n) is 6.21. The Bertz CT molecular complexity index is 1050. The highest BCUT2D eigenvalue weighted by molar-refractivity contribution is 6.10. The number of benzene rings is 2. The summed E-state index contributed by atoms with van der Waals surface area (Å²) in [4.78, 5) is 36.1. The summed E-state index contributed by atoms with van der Waals surface area (Å²) >= 11 is 0. The molecule has 29 heavy (non-hydrogen) atoms. The topological polar surface area (TPSA) is 111 Å². The third-order valence-electron chi connectivity index (χ3n) is 4.01. The van der Waals surface area contributed by atoms with Gasteiger partial charge in [0, 0.05) is 17.3 Å². The fourth-order valence-corrected chi connectivity index (χ4v) is 2.46. The van der Waals surface area contributed by atoms with Gasteiger partial charge < -0.3 is 25.0 Å². The van der Waals surface area contributed by atoms with E-state index < -0.39 is 17.8 Å². The number of carboxylic acids is 1. The van der Waals surface area contributed by atoms with Crippen molar-refractivity contribution in [2.75, 3.05) is 5.32 Å². The molecule has 0 unspecified atom stereocenters. The lowest BCUT2D eigenvalue weighted by Gasteiger charge is -2.11. The standard InChI is InChI=1S/C22H18N2O5/c1-14-4-6-15(7-5-14)20(25)24-19(13-18-3-2-12-29-18)21(26)23-17-10-8-16(9-11-17)22(27)28/h2-13H,1H3,(H,23,26)(H,24,25)(H,27,28)/p-1/b19-13+. The van der Waals surface area contributed by atoms with Gasteiger partial charge in [-0.2, -0.15) is 0 Å². The van der Waals surface area contributed by atoms with Crippen molar-refractivity contribution >= 4 is 29.5 Å². The first kappa shape index (κ1) is 19.6. The summed E-state index contributed by atoms with van der Waals surface area (Å²) in [5.74, 6) is -1.98. The zero-order valence-electron chi connectivity index (χ0n) is 15.5. The van der Waals surface area contributed by atoms with Crippen LogP contribution in [-0.4, -0.2) is 17.8 Å². The Balaban J connectivity index is 1.81. The summed E-state index contributed by atoms with van der Waals surface area (Å²) in [6, 6.07) is 15.7. The number of carboxylic acid groups (broad SMARTS) is 1. The van der Waals surface area contributed by atoms with Gasteiger partial charge in [0.1, 0.15) is 11.5 Å². The van der Waals surface area contributed by atoms with Gasteiger partial charge in [-0.3, -0.25) is 9.59 Å². The number of hydrogen-bond donors (Lipinski definition) is 2. The molecule has 0 atom stereocenters. The first-order chi connectivity index (χ1) is 13.9.